The molecule has 3 heterocycles. The molecule has 34 heavy (non-hydrogen) atoms. The molecule has 0 radical (unpaired) electrons. The lowest BCUT2D eigenvalue weighted by molar-refractivity contribution is -0.137. The first-order valence-electron chi connectivity index (χ1n) is 10.4. The number of pyridine rings is 1. The summed E-state index contributed by atoms with van der Waals surface area (Å²) in [5.41, 5.74) is 0.814. The summed E-state index contributed by atoms with van der Waals surface area (Å²) in [7, 11) is 0. The molecule has 0 fully saturated rings. The summed E-state index contributed by atoms with van der Waals surface area (Å²) in [6.07, 6.45) is 0.179. The van der Waals surface area contributed by atoms with E-state index in [0.29, 0.717) is 24.5 Å². The number of halogens is 3. The zero-order valence-electron chi connectivity index (χ0n) is 18.0. The van der Waals surface area contributed by atoms with Gasteiger partial charge in [0.25, 0.3) is 5.91 Å². The third-order valence-electron chi connectivity index (χ3n) is 4.94. The number of hydrogen-bond acceptors (Lipinski definition) is 6. The highest BCUT2D eigenvalue weighted by molar-refractivity contribution is 7.09. The van der Waals surface area contributed by atoms with Crippen LogP contribution < -0.4 is 5.32 Å². The number of rotatable bonds is 9. The van der Waals surface area contributed by atoms with Gasteiger partial charge in [0, 0.05) is 36.9 Å². The Kier molecular flexibility index (Phi) is 7.39. The molecular formula is C24H21F3N4O2S. The molecule has 0 aliphatic heterocycles. The van der Waals surface area contributed by atoms with Gasteiger partial charge in [-0.3, -0.25) is 14.7 Å². The fraction of sp³-hybridized carbons (Fsp3) is 0.208. The van der Waals surface area contributed by atoms with Crippen molar-refractivity contribution < 1.29 is 22.4 Å². The molecule has 10 heteroatoms. The molecule has 0 spiro atoms. The fourth-order valence-electron chi connectivity index (χ4n) is 3.35. The van der Waals surface area contributed by atoms with Crippen LogP contribution in [0.2, 0.25) is 0 Å². The minimum atomic E-state index is -4.41. The summed E-state index contributed by atoms with van der Waals surface area (Å²) in [5, 5.41) is 4.70. The van der Waals surface area contributed by atoms with Gasteiger partial charge in [0.05, 0.1) is 12.1 Å². The van der Waals surface area contributed by atoms with Crippen LogP contribution in [0.1, 0.15) is 37.9 Å². The van der Waals surface area contributed by atoms with E-state index in [-0.39, 0.29) is 24.7 Å². The second kappa shape index (κ2) is 10.6. The van der Waals surface area contributed by atoms with Crippen molar-refractivity contribution in [3.8, 4) is 0 Å². The molecule has 4 aromatic rings. The van der Waals surface area contributed by atoms with Gasteiger partial charge in [0.15, 0.2) is 5.69 Å². The van der Waals surface area contributed by atoms with Crippen LogP contribution in [0, 0.1) is 0 Å². The van der Waals surface area contributed by atoms with Crippen LogP contribution in [-0.4, -0.2) is 20.8 Å². The topological polar surface area (TPSA) is 71.3 Å². The Morgan fingerprint density at radius 3 is 2.65 bits per heavy atom. The maximum atomic E-state index is 13.1. The van der Waals surface area contributed by atoms with E-state index in [1.807, 2.05) is 28.5 Å². The molecular weight excluding hydrogens is 465 g/mol. The van der Waals surface area contributed by atoms with Crippen LogP contribution in [0.25, 0.3) is 0 Å². The normalized spacial score (nSPS) is 11.6. The number of carbonyl (C=O) groups excluding carboxylic acids is 1. The number of benzene rings is 1. The predicted molar refractivity (Wildman–Crippen MR) is 121 cm³/mol. The second-order valence-corrected chi connectivity index (χ2v) is 8.63. The summed E-state index contributed by atoms with van der Waals surface area (Å²) in [5.74, 6) is -0.0865. The third-order valence-corrected chi connectivity index (χ3v) is 5.80. The van der Waals surface area contributed by atoms with E-state index < -0.39 is 11.7 Å². The smallest absolute Gasteiger partial charge is 0.416 e. The van der Waals surface area contributed by atoms with Crippen LogP contribution in [0.3, 0.4) is 0 Å². The summed E-state index contributed by atoms with van der Waals surface area (Å²) in [6, 6.07) is 12.8. The van der Waals surface area contributed by atoms with E-state index in [1.54, 1.807) is 35.9 Å². The van der Waals surface area contributed by atoms with E-state index in [0.717, 1.165) is 22.6 Å². The Hall–Kier alpha value is -3.50. The van der Waals surface area contributed by atoms with E-state index >= 15 is 0 Å². The van der Waals surface area contributed by atoms with E-state index in [1.165, 1.54) is 12.3 Å². The van der Waals surface area contributed by atoms with E-state index in [2.05, 4.69) is 15.3 Å². The number of alkyl halides is 3. The molecule has 1 N–H and O–H groups in total. The molecule has 0 aliphatic carbocycles. The molecule has 0 aliphatic rings. The van der Waals surface area contributed by atoms with Crippen LogP contribution in [-0.2, 0) is 32.4 Å². The van der Waals surface area contributed by atoms with Gasteiger partial charge in [0.1, 0.15) is 6.26 Å². The average molecular weight is 487 g/mol. The van der Waals surface area contributed by atoms with E-state index in [4.69, 9.17) is 4.42 Å². The highest BCUT2D eigenvalue weighted by Crippen LogP contribution is 2.30. The Bertz CT molecular complexity index is 1210. The van der Waals surface area contributed by atoms with Crippen LogP contribution in [0.5, 0.6) is 0 Å². The molecule has 0 atom stereocenters. The highest BCUT2D eigenvalue weighted by atomic mass is 32.1. The third kappa shape index (κ3) is 6.52. The molecule has 6 nitrogen and oxygen atoms in total. The van der Waals surface area contributed by atoms with Crippen molar-refractivity contribution in [1.29, 1.82) is 0 Å². The summed E-state index contributed by atoms with van der Waals surface area (Å²) >= 11 is 1.55. The first-order valence-corrected chi connectivity index (χ1v) is 11.3. The van der Waals surface area contributed by atoms with Gasteiger partial charge in [-0.1, -0.05) is 30.3 Å². The van der Waals surface area contributed by atoms with Crippen molar-refractivity contribution in [2.45, 2.75) is 32.4 Å². The van der Waals surface area contributed by atoms with Gasteiger partial charge < -0.3 is 9.73 Å². The van der Waals surface area contributed by atoms with Gasteiger partial charge in [-0.2, -0.15) is 13.2 Å². The maximum absolute atomic E-state index is 13.1. The number of aromatic nitrogens is 2. The monoisotopic (exact) mass is 486 g/mol. The van der Waals surface area contributed by atoms with Gasteiger partial charge in [-0.15, -0.1) is 11.3 Å². The van der Waals surface area contributed by atoms with Crippen molar-refractivity contribution in [2.24, 2.45) is 0 Å². The first-order chi connectivity index (χ1) is 16.4. The van der Waals surface area contributed by atoms with Gasteiger partial charge >= 0.3 is 6.18 Å². The minimum Gasteiger partial charge on any atom is -0.447 e. The fourth-order valence-corrected chi connectivity index (χ4v) is 4.10. The Morgan fingerprint density at radius 2 is 1.91 bits per heavy atom. The SMILES string of the molecule is O=C(NCc1cccnc1)c1coc(CN(Cc2cccc(C(F)(F)F)c2)Cc2cccs2)n1. The molecule has 176 valence electrons. The van der Waals surface area contributed by atoms with Crippen LogP contribution >= 0.6 is 11.3 Å². The molecule has 0 bridgehead atoms. The van der Waals surface area contributed by atoms with E-state index in [9.17, 15) is 18.0 Å². The number of hydrogen-bond donors (Lipinski definition) is 1. The van der Waals surface area contributed by atoms with Crippen molar-refractivity contribution in [3.05, 3.63) is 106 Å². The molecule has 4 rings (SSSR count). The van der Waals surface area contributed by atoms with Crippen molar-refractivity contribution in [3.63, 3.8) is 0 Å². The number of carbonyl (C=O) groups is 1. The lowest BCUT2D eigenvalue weighted by Crippen LogP contribution is -2.24. The molecule has 0 saturated carbocycles. The van der Waals surface area contributed by atoms with Gasteiger partial charge in [-0.05, 0) is 34.7 Å². The van der Waals surface area contributed by atoms with Crippen LogP contribution in [0.4, 0.5) is 13.2 Å². The first kappa shape index (κ1) is 23.7. The Morgan fingerprint density at radius 1 is 1.06 bits per heavy atom. The molecule has 3 aromatic heterocycles. The van der Waals surface area contributed by atoms with Crippen molar-refractivity contribution >= 4 is 17.2 Å². The van der Waals surface area contributed by atoms with Crippen molar-refractivity contribution in [2.75, 3.05) is 0 Å². The lowest BCUT2D eigenvalue weighted by atomic mass is 10.1. The largest absolute Gasteiger partial charge is 0.447 e. The lowest BCUT2D eigenvalue weighted by Gasteiger charge is -2.21. The standard InChI is InChI=1S/C24H21F3N4O2S/c25-24(26,27)19-6-1-4-17(10-19)13-31(14-20-7-3-9-34-20)15-22-30-21(16-33-22)23(32)29-12-18-5-2-8-28-11-18/h1-11,16H,12-15H2,(H,29,32). The molecule has 0 unspecified atom stereocenters. The van der Waals surface area contributed by atoms with Gasteiger partial charge in [-0.25, -0.2) is 4.98 Å². The highest BCUT2D eigenvalue weighted by Gasteiger charge is 2.30. The van der Waals surface area contributed by atoms with Crippen molar-refractivity contribution in [1.82, 2.24) is 20.2 Å². The van der Waals surface area contributed by atoms with Crippen LogP contribution in [0.15, 0.2) is 77.0 Å². The number of thiophene rings is 1. The Balaban J connectivity index is 1.44. The van der Waals surface area contributed by atoms with Gasteiger partial charge in [0.2, 0.25) is 5.89 Å². The molecule has 0 saturated heterocycles. The second-order valence-electron chi connectivity index (χ2n) is 7.59. The number of nitrogens with one attached hydrogen (secondary N) is 1. The molecule has 1 aromatic carbocycles. The zero-order valence-corrected chi connectivity index (χ0v) is 18.8. The minimum absolute atomic E-state index is 0.133. The predicted octanol–water partition coefficient (Wildman–Crippen LogP) is 5.28. The summed E-state index contributed by atoms with van der Waals surface area (Å²) in [4.78, 5) is 23.7. The quantitative estimate of drug-likeness (QED) is 0.349. The zero-order chi connectivity index (χ0) is 24.0. The molecule has 1 amide bonds. The average Bonchev–Trinajstić information content (AvgIpc) is 3.50. The maximum Gasteiger partial charge on any atom is 0.416 e. The summed E-state index contributed by atoms with van der Waals surface area (Å²) in [6.45, 7) is 1.28. The number of oxazole rings is 1. The number of nitrogens with zero attached hydrogens (tertiary/aromatic N) is 3. The Labute approximate surface area is 198 Å². The number of amides is 1. The summed E-state index contributed by atoms with van der Waals surface area (Å²) < 4.78 is 44.9.